The zero-order valence-electron chi connectivity index (χ0n) is 21.2. The Bertz CT molecular complexity index is 1060. The van der Waals surface area contributed by atoms with Crippen molar-refractivity contribution in [3.8, 4) is 28.3 Å². The summed E-state index contributed by atoms with van der Waals surface area (Å²) in [5.41, 5.74) is 2.03. The predicted molar refractivity (Wildman–Crippen MR) is 140 cm³/mol. The molecule has 3 rings (SSSR count). The van der Waals surface area contributed by atoms with Crippen LogP contribution in [0.5, 0.6) is 5.75 Å². The first-order valence-electron chi connectivity index (χ1n) is 12.9. The highest BCUT2D eigenvalue weighted by Gasteiger charge is 2.34. The molecule has 0 aliphatic carbocycles. The van der Waals surface area contributed by atoms with E-state index in [1.165, 1.54) is 32.6 Å². The van der Waals surface area contributed by atoms with E-state index in [2.05, 4.69) is 16.9 Å². The van der Waals surface area contributed by atoms with Gasteiger partial charge in [-0.3, -0.25) is 0 Å². The minimum absolute atomic E-state index is 0.158. The molecule has 0 fully saturated rings. The minimum atomic E-state index is -1.99. The smallest absolute Gasteiger partial charge is 0.348 e. The molecule has 1 unspecified atom stereocenters. The lowest BCUT2D eigenvalue weighted by atomic mass is 9.99. The van der Waals surface area contributed by atoms with Crippen LogP contribution in [0.4, 0.5) is 4.39 Å². The number of aromatic nitrogens is 2. The molecule has 3 aromatic rings. The van der Waals surface area contributed by atoms with Crippen molar-refractivity contribution in [1.29, 1.82) is 0 Å². The summed E-state index contributed by atoms with van der Waals surface area (Å²) >= 11 is 0. The molecule has 1 atom stereocenters. The average Bonchev–Trinajstić information content (AvgIpc) is 2.88. The van der Waals surface area contributed by atoms with E-state index in [1.54, 1.807) is 12.1 Å². The number of nitrogens with zero attached hydrogens (tertiary/aromatic N) is 2. The second-order valence-electron chi connectivity index (χ2n) is 9.34. The van der Waals surface area contributed by atoms with Crippen LogP contribution in [0, 0.1) is 0 Å². The van der Waals surface area contributed by atoms with Crippen molar-refractivity contribution in [2.75, 3.05) is 0 Å². The molecule has 35 heavy (non-hydrogen) atoms. The van der Waals surface area contributed by atoms with E-state index in [0.29, 0.717) is 18.0 Å². The number of halogens is 1. The lowest BCUT2D eigenvalue weighted by molar-refractivity contribution is -0.147. The highest BCUT2D eigenvalue weighted by Crippen LogP contribution is 2.31. The van der Waals surface area contributed by atoms with Crippen molar-refractivity contribution in [1.82, 2.24) is 9.97 Å². The van der Waals surface area contributed by atoms with Crippen LogP contribution in [0.25, 0.3) is 22.5 Å². The Labute approximate surface area is 209 Å². The van der Waals surface area contributed by atoms with Crippen LogP contribution in [0.2, 0.25) is 0 Å². The van der Waals surface area contributed by atoms with Crippen molar-refractivity contribution >= 4 is 5.97 Å². The van der Waals surface area contributed by atoms with Gasteiger partial charge in [0.15, 0.2) is 5.82 Å². The Morgan fingerprint density at radius 3 is 2.14 bits per heavy atom. The third-order valence-corrected chi connectivity index (χ3v) is 6.24. The molecule has 0 saturated carbocycles. The first kappa shape index (κ1) is 26.5. The van der Waals surface area contributed by atoms with Gasteiger partial charge < -0.3 is 4.74 Å². The normalized spacial score (nSPS) is 12.8. The van der Waals surface area contributed by atoms with E-state index in [-0.39, 0.29) is 6.42 Å². The topological polar surface area (TPSA) is 52.1 Å². The second kappa shape index (κ2) is 13.1. The van der Waals surface area contributed by atoms with Gasteiger partial charge in [-0.25, -0.2) is 19.2 Å². The van der Waals surface area contributed by atoms with Crippen LogP contribution in [0.15, 0.2) is 60.9 Å². The van der Waals surface area contributed by atoms with Crippen LogP contribution >= 0.6 is 0 Å². The van der Waals surface area contributed by atoms with Crippen molar-refractivity contribution in [3.63, 3.8) is 0 Å². The third kappa shape index (κ3) is 7.71. The Hall–Kier alpha value is -3.08. The second-order valence-corrected chi connectivity index (χ2v) is 9.34. The summed E-state index contributed by atoms with van der Waals surface area (Å²) in [6.45, 7) is 5.48. The van der Waals surface area contributed by atoms with Crippen LogP contribution < -0.4 is 4.74 Å². The van der Waals surface area contributed by atoms with Crippen LogP contribution in [-0.4, -0.2) is 21.6 Å². The van der Waals surface area contributed by atoms with E-state index < -0.39 is 11.6 Å². The number of aryl methyl sites for hydroxylation is 1. The number of carbonyl (C=O) groups is 1. The van der Waals surface area contributed by atoms with Gasteiger partial charge in [0.2, 0.25) is 5.67 Å². The van der Waals surface area contributed by atoms with E-state index in [9.17, 15) is 9.18 Å². The summed E-state index contributed by atoms with van der Waals surface area (Å²) in [5.74, 6) is 0.157. The highest BCUT2D eigenvalue weighted by molar-refractivity contribution is 5.82. The molecule has 186 valence electrons. The summed E-state index contributed by atoms with van der Waals surface area (Å²) in [7, 11) is 0. The fourth-order valence-electron chi connectivity index (χ4n) is 4.01. The molecular weight excluding hydrogens is 439 g/mol. The van der Waals surface area contributed by atoms with Crippen molar-refractivity contribution in [2.24, 2.45) is 0 Å². The van der Waals surface area contributed by atoms with Gasteiger partial charge in [-0.05, 0) is 61.4 Å². The Balaban J connectivity index is 1.69. The quantitative estimate of drug-likeness (QED) is 0.142. The van der Waals surface area contributed by atoms with Gasteiger partial charge >= 0.3 is 5.97 Å². The molecule has 0 amide bonds. The largest absolute Gasteiger partial charge is 0.424 e. The molecular formula is C30H37FN2O2. The summed E-state index contributed by atoms with van der Waals surface area (Å²) in [6, 6.07) is 15.1. The lowest BCUT2D eigenvalue weighted by Gasteiger charge is -2.18. The molecule has 1 aromatic heterocycles. The van der Waals surface area contributed by atoms with Gasteiger partial charge in [0.05, 0.1) is 0 Å². The molecule has 5 heteroatoms. The monoisotopic (exact) mass is 476 g/mol. The van der Waals surface area contributed by atoms with Gasteiger partial charge in [0, 0.05) is 18.0 Å². The minimum Gasteiger partial charge on any atom is -0.424 e. The van der Waals surface area contributed by atoms with E-state index >= 15 is 0 Å². The number of hydrogen-bond donors (Lipinski definition) is 0. The number of carbonyl (C=O) groups excluding carboxylic acids is 1. The summed E-state index contributed by atoms with van der Waals surface area (Å²) in [4.78, 5) is 21.5. The molecule has 0 spiro atoms. The number of alkyl halides is 1. The van der Waals surface area contributed by atoms with Gasteiger partial charge in [0.1, 0.15) is 5.75 Å². The molecule has 0 radical (unpaired) electrons. The number of ether oxygens (including phenoxy) is 1. The van der Waals surface area contributed by atoms with E-state index in [0.717, 1.165) is 41.5 Å². The lowest BCUT2D eigenvalue weighted by Crippen LogP contribution is -2.34. The molecule has 0 bridgehead atoms. The third-order valence-electron chi connectivity index (χ3n) is 6.24. The summed E-state index contributed by atoms with van der Waals surface area (Å²) in [6.07, 6.45) is 12.7. The van der Waals surface area contributed by atoms with Gasteiger partial charge in [-0.1, -0.05) is 82.3 Å². The summed E-state index contributed by atoms with van der Waals surface area (Å²) in [5, 5.41) is 0. The maximum absolute atomic E-state index is 14.6. The molecule has 1 heterocycles. The highest BCUT2D eigenvalue weighted by atomic mass is 19.1. The molecule has 4 nitrogen and oxygen atoms in total. The van der Waals surface area contributed by atoms with E-state index in [1.807, 2.05) is 55.7 Å². The molecule has 0 aliphatic heterocycles. The first-order valence-corrected chi connectivity index (χ1v) is 12.9. The zero-order valence-corrected chi connectivity index (χ0v) is 21.2. The van der Waals surface area contributed by atoms with Gasteiger partial charge in [-0.15, -0.1) is 0 Å². The van der Waals surface area contributed by atoms with Crippen LogP contribution in [-0.2, 0) is 11.2 Å². The van der Waals surface area contributed by atoms with Gasteiger partial charge in [-0.2, -0.15) is 0 Å². The molecule has 2 aromatic carbocycles. The Kier molecular flexibility index (Phi) is 9.95. The molecule has 0 saturated heterocycles. The number of rotatable bonds is 13. The SMILES string of the molecule is CCCCCCCc1cnc(-c2ccccc2-c2ccc(OC(=O)C(C)(F)CCCC)cc2)nc1. The van der Waals surface area contributed by atoms with E-state index in [4.69, 9.17) is 4.74 Å². The van der Waals surface area contributed by atoms with Gasteiger partial charge in [0.25, 0.3) is 0 Å². The van der Waals surface area contributed by atoms with Crippen molar-refractivity contribution in [2.45, 2.75) is 84.2 Å². The number of unbranched alkanes of at least 4 members (excludes halogenated alkanes) is 5. The number of esters is 1. The first-order chi connectivity index (χ1) is 16.9. The van der Waals surface area contributed by atoms with Crippen molar-refractivity contribution in [3.05, 3.63) is 66.5 Å². The molecule has 0 aliphatic rings. The zero-order chi connectivity index (χ0) is 25.1. The standard InChI is InChI=1S/C30H37FN2O2/c1-4-6-8-9-10-13-23-21-32-28(33-22-23)27-15-12-11-14-26(27)24-16-18-25(19-17-24)35-29(34)30(3,31)20-7-5-2/h11-12,14-19,21-22H,4-10,13,20H2,1-3H3. The Morgan fingerprint density at radius 2 is 1.49 bits per heavy atom. The predicted octanol–water partition coefficient (Wildman–Crippen LogP) is 8.15. The fraction of sp³-hybridized carbons (Fsp3) is 0.433. The summed E-state index contributed by atoms with van der Waals surface area (Å²) < 4.78 is 19.9. The average molecular weight is 477 g/mol. The maximum atomic E-state index is 14.6. The number of hydrogen-bond acceptors (Lipinski definition) is 4. The fourth-order valence-corrected chi connectivity index (χ4v) is 4.01. The Morgan fingerprint density at radius 1 is 0.857 bits per heavy atom. The maximum Gasteiger partial charge on any atom is 0.348 e. The van der Waals surface area contributed by atoms with Crippen LogP contribution in [0.3, 0.4) is 0 Å². The number of benzene rings is 2. The van der Waals surface area contributed by atoms with Crippen molar-refractivity contribution < 1.29 is 13.9 Å². The van der Waals surface area contributed by atoms with Crippen LogP contribution in [0.1, 0.15) is 77.7 Å². The molecule has 0 N–H and O–H groups in total.